The lowest BCUT2D eigenvalue weighted by Gasteiger charge is -2.57. The summed E-state index contributed by atoms with van der Waals surface area (Å²) >= 11 is 0. The second kappa shape index (κ2) is 5.94. The lowest BCUT2D eigenvalue weighted by atomic mass is 9.83. The number of nitrogens with zero attached hydrogens (tertiary/aromatic N) is 2. The molecule has 0 unspecified atom stereocenters. The molecule has 23 heavy (non-hydrogen) atoms. The minimum Gasteiger partial charge on any atom is -0.481 e. The summed E-state index contributed by atoms with van der Waals surface area (Å²) in [6.07, 6.45) is -0.367. The Bertz CT molecular complexity index is 477. The zero-order valence-electron chi connectivity index (χ0n) is 14.7. The Kier molecular flexibility index (Phi) is 4.65. The Morgan fingerprint density at radius 3 is 2.30 bits per heavy atom. The molecule has 0 radical (unpaired) electrons. The third-order valence-corrected chi connectivity index (χ3v) is 4.20. The molecule has 1 N–H and O–H groups in total. The van der Waals surface area contributed by atoms with Crippen LogP contribution in [-0.2, 0) is 14.3 Å². The lowest BCUT2D eigenvalue weighted by molar-refractivity contribution is -0.163. The minimum absolute atomic E-state index is 0.0162. The van der Waals surface area contributed by atoms with E-state index in [0.29, 0.717) is 32.8 Å². The number of amides is 1. The molecule has 132 valence electrons. The van der Waals surface area contributed by atoms with E-state index in [2.05, 4.69) is 4.90 Å². The molecule has 2 heterocycles. The van der Waals surface area contributed by atoms with Gasteiger partial charge in [0, 0.05) is 26.2 Å². The molecule has 0 aromatic rings. The van der Waals surface area contributed by atoms with E-state index in [0.717, 1.165) is 0 Å². The monoisotopic (exact) mass is 328 g/mol. The van der Waals surface area contributed by atoms with Gasteiger partial charge in [-0.1, -0.05) is 0 Å². The summed E-state index contributed by atoms with van der Waals surface area (Å²) in [5, 5.41) is 9.29. The maximum Gasteiger partial charge on any atom is 0.410 e. The molecule has 0 spiro atoms. The molecule has 2 saturated heterocycles. The second-order valence-corrected chi connectivity index (χ2v) is 8.16. The number of carboxylic acid groups (broad SMARTS) is 1. The topological polar surface area (TPSA) is 79.3 Å². The molecule has 2 fully saturated rings. The number of morpholine rings is 1. The van der Waals surface area contributed by atoms with Crippen molar-refractivity contribution in [2.75, 3.05) is 32.8 Å². The van der Waals surface area contributed by atoms with Crippen LogP contribution in [-0.4, -0.2) is 76.5 Å². The number of hydrogen-bond acceptors (Lipinski definition) is 5. The van der Waals surface area contributed by atoms with Crippen LogP contribution in [0.15, 0.2) is 0 Å². The third-order valence-electron chi connectivity index (χ3n) is 4.20. The van der Waals surface area contributed by atoms with Gasteiger partial charge in [0.1, 0.15) is 5.60 Å². The van der Waals surface area contributed by atoms with Crippen molar-refractivity contribution in [3.8, 4) is 0 Å². The molecular formula is C16H28N2O5. The van der Waals surface area contributed by atoms with Crippen molar-refractivity contribution < 1.29 is 24.2 Å². The van der Waals surface area contributed by atoms with E-state index in [1.54, 1.807) is 4.90 Å². The molecule has 2 aliphatic heterocycles. The number of carbonyl (C=O) groups excluding carboxylic acids is 1. The van der Waals surface area contributed by atoms with Gasteiger partial charge in [-0.2, -0.15) is 0 Å². The van der Waals surface area contributed by atoms with Crippen molar-refractivity contribution in [1.82, 2.24) is 9.80 Å². The lowest BCUT2D eigenvalue weighted by Crippen LogP contribution is -2.74. The van der Waals surface area contributed by atoms with E-state index in [4.69, 9.17) is 9.47 Å². The number of ether oxygens (including phenoxy) is 2. The zero-order chi connectivity index (χ0) is 17.5. The van der Waals surface area contributed by atoms with Crippen LogP contribution in [0.1, 0.15) is 41.0 Å². The standard InChI is InChI=1S/C16H28N2O5/c1-14(2,3)23-13(21)17-10-16(11-17,8-12(19)20)18-6-7-22-15(4,5)9-18/h6-11H2,1-5H3,(H,19,20). The van der Waals surface area contributed by atoms with Crippen molar-refractivity contribution in [2.45, 2.75) is 57.8 Å². The zero-order valence-corrected chi connectivity index (χ0v) is 14.7. The SMILES string of the molecule is CC(C)(C)OC(=O)N1CC(CC(=O)O)(N2CCOC(C)(C)C2)C1. The fraction of sp³-hybridized carbons (Fsp3) is 0.875. The van der Waals surface area contributed by atoms with Crippen molar-refractivity contribution in [3.05, 3.63) is 0 Å². The van der Waals surface area contributed by atoms with Crippen molar-refractivity contribution in [1.29, 1.82) is 0 Å². The fourth-order valence-corrected chi connectivity index (χ4v) is 3.25. The van der Waals surface area contributed by atoms with Crippen LogP contribution in [0.5, 0.6) is 0 Å². The molecule has 0 aliphatic carbocycles. The van der Waals surface area contributed by atoms with Gasteiger partial charge in [0.25, 0.3) is 0 Å². The number of carboxylic acids is 1. The molecule has 7 nitrogen and oxygen atoms in total. The smallest absolute Gasteiger partial charge is 0.410 e. The van der Waals surface area contributed by atoms with Gasteiger partial charge in [0.2, 0.25) is 0 Å². The number of likely N-dealkylation sites (tertiary alicyclic amines) is 1. The Hall–Kier alpha value is -1.34. The van der Waals surface area contributed by atoms with Crippen molar-refractivity contribution in [3.63, 3.8) is 0 Å². The summed E-state index contributed by atoms with van der Waals surface area (Å²) in [5.41, 5.74) is -1.39. The van der Waals surface area contributed by atoms with Crippen LogP contribution >= 0.6 is 0 Å². The van der Waals surface area contributed by atoms with Crippen LogP contribution in [0, 0.1) is 0 Å². The van der Waals surface area contributed by atoms with E-state index in [1.807, 2.05) is 34.6 Å². The van der Waals surface area contributed by atoms with Gasteiger partial charge < -0.3 is 19.5 Å². The highest BCUT2D eigenvalue weighted by Gasteiger charge is 2.53. The Labute approximate surface area is 137 Å². The number of aliphatic carboxylic acids is 1. The summed E-state index contributed by atoms with van der Waals surface area (Å²) in [6.45, 7) is 12.1. The van der Waals surface area contributed by atoms with Crippen LogP contribution in [0.3, 0.4) is 0 Å². The maximum absolute atomic E-state index is 12.1. The molecule has 0 aromatic heterocycles. The van der Waals surface area contributed by atoms with Gasteiger partial charge in [-0.25, -0.2) is 4.79 Å². The first-order chi connectivity index (χ1) is 10.4. The highest BCUT2D eigenvalue weighted by molar-refractivity contribution is 5.73. The first-order valence-electron chi connectivity index (χ1n) is 8.01. The average molecular weight is 328 g/mol. The van der Waals surface area contributed by atoms with E-state index >= 15 is 0 Å². The molecule has 0 atom stereocenters. The predicted octanol–water partition coefficient (Wildman–Crippen LogP) is 1.56. The average Bonchev–Trinajstić information content (AvgIpc) is 2.29. The molecule has 2 rings (SSSR count). The Morgan fingerprint density at radius 2 is 1.83 bits per heavy atom. The molecule has 0 bridgehead atoms. The second-order valence-electron chi connectivity index (χ2n) is 8.16. The van der Waals surface area contributed by atoms with Gasteiger partial charge in [-0.3, -0.25) is 9.69 Å². The molecule has 7 heteroatoms. The summed E-state index contributed by atoms with van der Waals surface area (Å²) < 4.78 is 11.1. The van der Waals surface area contributed by atoms with Gasteiger partial charge in [0.15, 0.2) is 0 Å². The highest BCUT2D eigenvalue weighted by atomic mass is 16.6. The predicted molar refractivity (Wildman–Crippen MR) is 84.4 cm³/mol. The van der Waals surface area contributed by atoms with Gasteiger partial charge >= 0.3 is 12.1 Å². The van der Waals surface area contributed by atoms with Crippen LogP contribution in [0.25, 0.3) is 0 Å². The van der Waals surface area contributed by atoms with E-state index in [9.17, 15) is 14.7 Å². The summed E-state index contributed by atoms with van der Waals surface area (Å²) in [6, 6.07) is 0. The van der Waals surface area contributed by atoms with Crippen molar-refractivity contribution in [2.24, 2.45) is 0 Å². The van der Waals surface area contributed by atoms with Crippen LogP contribution in [0.4, 0.5) is 4.79 Å². The summed E-state index contributed by atoms with van der Waals surface area (Å²) in [5.74, 6) is -0.849. The largest absolute Gasteiger partial charge is 0.481 e. The summed E-state index contributed by atoms with van der Waals surface area (Å²) in [4.78, 5) is 27.2. The van der Waals surface area contributed by atoms with Gasteiger partial charge in [-0.15, -0.1) is 0 Å². The number of hydrogen-bond donors (Lipinski definition) is 1. The quantitative estimate of drug-likeness (QED) is 0.847. The van der Waals surface area contributed by atoms with Crippen molar-refractivity contribution >= 4 is 12.1 Å². The molecule has 0 saturated carbocycles. The summed E-state index contributed by atoms with van der Waals surface area (Å²) in [7, 11) is 0. The molecule has 2 aliphatic rings. The van der Waals surface area contributed by atoms with Gasteiger partial charge in [-0.05, 0) is 34.6 Å². The highest BCUT2D eigenvalue weighted by Crippen LogP contribution is 2.35. The molecule has 0 aromatic carbocycles. The number of carbonyl (C=O) groups is 2. The minimum atomic E-state index is -0.849. The van der Waals surface area contributed by atoms with Crippen LogP contribution < -0.4 is 0 Å². The first kappa shape index (κ1) is 18.0. The normalized spacial score (nSPS) is 24.0. The fourth-order valence-electron chi connectivity index (χ4n) is 3.25. The van der Waals surface area contributed by atoms with Crippen LogP contribution in [0.2, 0.25) is 0 Å². The first-order valence-corrected chi connectivity index (χ1v) is 8.01. The van der Waals surface area contributed by atoms with E-state index in [1.165, 1.54) is 0 Å². The van der Waals surface area contributed by atoms with E-state index < -0.39 is 17.1 Å². The Morgan fingerprint density at radius 1 is 1.22 bits per heavy atom. The molecular weight excluding hydrogens is 300 g/mol. The number of rotatable bonds is 3. The third kappa shape index (κ3) is 4.35. The Balaban J connectivity index is 2.06. The van der Waals surface area contributed by atoms with E-state index in [-0.39, 0.29) is 18.1 Å². The van der Waals surface area contributed by atoms with Gasteiger partial charge in [0.05, 0.1) is 24.2 Å². The maximum atomic E-state index is 12.1. The molecule has 1 amide bonds.